The summed E-state index contributed by atoms with van der Waals surface area (Å²) in [5.41, 5.74) is 0.428. The highest BCUT2D eigenvalue weighted by atomic mass is 32.2. The summed E-state index contributed by atoms with van der Waals surface area (Å²) in [6.45, 7) is 4.29. The number of rotatable bonds is 5. The first kappa shape index (κ1) is 14.4. The van der Waals surface area contributed by atoms with Crippen molar-refractivity contribution >= 4 is 23.4 Å². The zero-order valence-electron chi connectivity index (χ0n) is 11.1. The number of anilines is 1. The van der Waals surface area contributed by atoms with E-state index in [1.165, 1.54) is 23.9 Å². The highest BCUT2D eigenvalue weighted by molar-refractivity contribution is 8.00. The second-order valence-electron chi connectivity index (χ2n) is 4.04. The number of amides is 1. The number of aryl methyl sites for hydroxylation is 1. The number of thioether (sulfide) groups is 1. The van der Waals surface area contributed by atoms with Gasteiger partial charge in [0.05, 0.1) is 5.25 Å². The number of nitrogens with zero attached hydrogens (tertiary/aromatic N) is 4. The summed E-state index contributed by atoms with van der Waals surface area (Å²) in [5, 5.41) is 14.1. The number of tetrazole rings is 1. The fourth-order valence-electron chi connectivity index (χ4n) is 1.50. The van der Waals surface area contributed by atoms with Crippen molar-refractivity contribution in [3.05, 3.63) is 30.1 Å². The molecule has 106 valence electrons. The zero-order valence-corrected chi connectivity index (χ0v) is 11.9. The maximum Gasteiger partial charge on any atom is 0.237 e. The minimum absolute atomic E-state index is 0.230. The van der Waals surface area contributed by atoms with Crippen LogP contribution < -0.4 is 5.32 Å². The standard InChI is InChI=1S/C12H14FN5OS/c1-3-18-12(15-16-17-18)20-8(2)11(19)14-10-6-4-5-9(13)7-10/h4-8H,3H2,1-2H3,(H,14,19). The van der Waals surface area contributed by atoms with E-state index in [1.54, 1.807) is 23.7 Å². The third kappa shape index (κ3) is 3.53. The molecule has 8 heteroatoms. The van der Waals surface area contributed by atoms with Crippen LogP contribution in [0.4, 0.5) is 10.1 Å². The molecule has 2 rings (SSSR count). The normalized spacial score (nSPS) is 12.2. The number of hydrogen-bond donors (Lipinski definition) is 1. The lowest BCUT2D eigenvalue weighted by Crippen LogP contribution is -2.23. The molecule has 1 heterocycles. The van der Waals surface area contributed by atoms with E-state index >= 15 is 0 Å². The smallest absolute Gasteiger partial charge is 0.237 e. The largest absolute Gasteiger partial charge is 0.325 e. The predicted molar refractivity (Wildman–Crippen MR) is 73.8 cm³/mol. The van der Waals surface area contributed by atoms with E-state index in [4.69, 9.17) is 0 Å². The Morgan fingerprint density at radius 2 is 2.35 bits per heavy atom. The molecule has 2 aromatic rings. The Labute approximate surface area is 119 Å². The summed E-state index contributed by atoms with van der Waals surface area (Å²) >= 11 is 1.25. The lowest BCUT2D eigenvalue weighted by atomic mass is 10.3. The van der Waals surface area contributed by atoms with Crippen molar-refractivity contribution in [2.24, 2.45) is 0 Å². The molecule has 0 radical (unpaired) electrons. The van der Waals surface area contributed by atoms with Crippen LogP contribution in [0.15, 0.2) is 29.4 Å². The average Bonchev–Trinajstić information content (AvgIpc) is 2.85. The maximum atomic E-state index is 13.0. The highest BCUT2D eigenvalue weighted by Gasteiger charge is 2.18. The van der Waals surface area contributed by atoms with Gasteiger partial charge in [-0.15, -0.1) is 5.10 Å². The lowest BCUT2D eigenvalue weighted by Gasteiger charge is -2.11. The summed E-state index contributed by atoms with van der Waals surface area (Å²) in [6.07, 6.45) is 0. The van der Waals surface area contributed by atoms with E-state index in [9.17, 15) is 9.18 Å². The van der Waals surface area contributed by atoms with E-state index in [0.717, 1.165) is 0 Å². The molecule has 0 aliphatic heterocycles. The van der Waals surface area contributed by atoms with Crippen LogP contribution in [-0.2, 0) is 11.3 Å². The Morgan fingerprint density at radius 1 is 1.55 bits per heavy atom. The lowest BCUT2D eigenvalue weighted by molar-refractivity contribution is -0.115. The molecule has 0 bridgehead atoms. The van der Waals surface area contributed by atoms with E-state index < -0.39 is 11.1 Å². The molecule has 0 saturated heterocycles. The molecule has 1 aromatic carbocycles. The van der Waals surface area contributed by atoms with Crippen LogP contribution in [0, 0.1) is 5.82 Å². The van der Waals surface area contributed by atoms with Crippen LogP contribution >= 0.6 is 11.8 Å². The van der Waals surface area contributed by atoms with Gasteiger partial charge in [-0.3, -0.25) is 4.79 Å². The molecule has 20 heavy (non-hydrogen) atoms. The summed E-state index contributed by atoms with van der Waals surface area (Å²) in [6, 6.07) is 5.77. The fraction of sp³-hybridized carbons (Fsp3) is 0.333. The Balaban J connectivity index is 1.99. The van der Waals surface area contributed by atoms with Gasteiger partial charge in [0, 0.05) is 12.2 Å². The first-order chi connectivity index (χ1) is 9.60. The Bertz CT molecular complexity index is 603. The number of aromatic nitrogens is 4. The molecule has 1 aromatic heterocycles. The second kappa shape index (κ2) is 6.47. The van der Waals surface area contributed by atoms with Gasteiger partial charge >= 0.3 is 0 Å². The SMILES string of the molecule is CCn1nnnc1SC(C)C(=O)Nc1cccc(F)c1. The number of carbonyl (C=O) groups excluding carboxylic acids is 1. The van der Waals surface area contributed by atoms with E-state index in [0.29, 0.717) is 17.4 Å². The molecule has 1 unspecified atom stereocenters. The minimum atomic E-state index is -0.394. The number of hydrogen-bond acceptors (Lipinski definition) is 5. The van der Waals surface area contributed by atoms with Crippen molar-refractivity contribution in [1.29, 1.82) is 0 Å². The monoisotopic (exact) mass is 295 g/mol. The second-order valence-corrected chi connectivity index (χ2v) is 5.34. The van der Waals surface area contributed by atoms with Crippen LogP contribution in [0.2, 0.25) is 0 Å². The van der Waals surface area contributed by atoms with Gasteiger partial charge < -0.3 is 5.32 Å². The molecule has 1 amide bonds. The average molecular weight is 295 g/mol. The molecule has 0 spiro atoms. The molecule has 0 fully saturated rings. The van der Waals surface area contributed by atoms with Gasteiger partial charge in [0.15, 0.2) is 0 Å². The van der Waals surface area contributed by atoms with Gasteiger partial charge in [-0.25, -0.2) is 9.07 Å². The molecule has 0 aliphatic carbocycles. The van der Waals surface area contributed by atoms with Crippen LogP contribution in [0.5, 0.6) is 0 Å². The van der Waals surface area contributed by atoms with Gasteiger partial charge in [-0.2, -0.15) is 0 Å². The van der Waals surface area contributed by atoms with Crippen molar-refractivity contribution in [3.63, 3.8) is 0 Å². The van der Waals surface area contributed by atoms with Crippen molar-refractivity contribution in [2.45, 2.75) is 30.8 Å². The van der Waals surface area contributed by atoms with Crippen molar-refractivity contribution in [1.82, 2.24) is 20.2 Å². The summed E-state index contributed by atoms with van der Waals surface area (Å²) in [5.74, 6) is -0.621. The summed E-state index contributed by atoms with van der Waals surface area (Å²) < 4.78 is 14.6. The zero-order chi connectivity index (χ0) is 14.5. The van der Waals surface area contributed by atoms with Crippen molar-refractivity contribution in [2.75, 3.05) is 5.32 Å². The van der Waals surface area contributed by atoms with Gasteiger partial charge in [-0.1, -0.05) is 17.8 Å². The number of halogens is 1. The molecular formula is C12H14FN5OS. The van der Waals surface area contributed by atoms with Gasteiger partial charge in [0.2, 0.25) is 11.1 Å². The molecule has 1 N–H and O–H groups in total. The molecule has 0 saturated carbocycles. The third-order valence-electron chi connectivity index (χ3n) is 2.54. The third-order valence-corrected chi connectivity index (χ3v) is 3.61. The van der Waals surface area contributed by atoms with E-state index in [2.05, 4.69) is 20.8 Å². The summed E-state index contributed by atoms with van der Waals surface area (Å²) in [7, 11) is 0. The molecule has 0 aliphatic rings. The number of carbonyl (C=O) groups is 1. The van der Waals surface area contributed by atoms with Crippen LogP contribution in [0.1, 0.15) is 13.8 Å². The van der Waals surface area contributed by atoms with Gasteiger partial charge in [0.25, 0.3) is 0 Å². The first-order valence-electron chi connectivity index (χ1n) is 6.09. The first-order valence-corrected chi connectivity index (χ1v) is 6.97. The van der Waals surface area contributed by atoms with E-state index in [1.807, 2.05) is 6.92 Å². The van der Waals surface area contributed by atoms with E-state index in [-0.39, 0.29) is 5.91 Å². The Hall–Kier alpha value is -1.96. The van der Waals surface area contributed by atoms with Gasteiger partial charge in [0.1, 0.15) is 5.82 Å². The fourth-order valence-corrected chi connectivity index (χ4v) is 2.35. The van der Waals surface area contributed by atoms with Crippen molar-refractivity contribution < 1.29 is 9.18 Å². The maximum absolute atomic E-state index is 13.0. The number of nitrogens with one attached hydrogen (secondary N) is 1. The Kier molecular flexibility index (Phi) is 4.67. The number of benzene rings is 1. The predicted octanol–water partition coefficient (Wildman–Crippen LogP) is 1.95. The molecular weight excluding hydrogens is 281 g/mol. The Morgan fingerprint density at radius 3 is 3.05 bits per heavy atom. The van der Waals surface area contributed by atoms with Gasteiger partial charge in [-0.05, 0) is 42.5 Å². The molecule has 6 nitrogen and oxygen atoms in total. The van der Waals surface area contributed by atoms with Crippen LogP contribution in [-0.4, -0.2) is 31.4 Å². The highest BCUT2D eigenvalue weighted by Crippen LogP contribution is 2.21. The van der Waals surface area contributed by atoms with Crippen LogP contribution in [0.25, 0.3) is 0 Å². The van der Waals surface area contributed by atoms with Crippen molar-refractivity contribution in [3.8, 4) is 0 Å². The quantitative estimate of drug-likeness (QED) is 0.854. The topological polar surface area (TPSA) is 72.7 Å². The summed E-state index contributed by atoms with van der Waals surface area (Å²) in [4.78, 5) is 12.0. The van der Waals surface area contributed by atoms with Crippen LogP contribution in [0.3, 0.4) is 0 Å². The minimum Gasteiger partial charge on any atom is -0.325 e. The molecule has 1 atom stereocenters.